The van der Waals surface area contributed by atoms with Crippen molar-refractivity contribution >= 4 is 17.5 Å². The Morgan fingerprint density at radius 2 is 2.35 bits per heavy atom. The second-order valence-corrected chi connectivity index (χ2v) is 4.10. The van der Waals surface area contributed by atoms with Gasteiger partial charge in [0.05, 0.1) is 17.8 Å². The van der Waals surface area contributed by atoms with Crippen LogP contribution < -0.4 is 16.4 Å². The Hall–Kier alpha value is -1.89. The molecule has 0 aromatic carbocycles. The highest BCUT2D eigenvalue weighted by Crippen LogP contribution is 2.28. The second kappa shape index (κ2) is 4.54. The highest BCUT2D eigenvalue weighted by Gasteiger charge is 2.40. The van der Waals surface area contributed by atoms with E-state index < -0.39 is 0 Å². The van der Waals surface area contributed by atoms with E-state index in [0.29, 0.717) is 5.69 Å². The van der Waals surface area contributed by atoms with Crippen LogP contribution in [0, 0.1) is 5.92 Å². The van der Waals surface area contributed by atoms with E-state index in [-0.39, 0.29) is 30.3 Å². The number of nitrogens with two attached hydrogens (primary N) is 1. The molecule has 2 atom stereocenters. The first-order chi connectivity index (χ1) is 8.10. The van der Waals surface area contributed by atoms with Gasteiger partial charge in [0.1, 0.15) is 6.54 Å². The monoisotopic (exact) mass is 237 g/mol. The van der Waals surface area contributed by atoms with Gasteiger partial charge in [-0.25, -0.2) is 0 Å². The van der Waals surface area contributed by atoms with E-state index >= 15 is 0 Å². The number of hydrogen-bond donors (Lipinski definition) is 3. The van der Waals surface area contributed by atoms with E-state index in [1.807, 2.05) is 0 Å². The second-order valence-electron chi connectivity index (χ2n) is 4.10. The molecule has 1 aromatic heterocycles. The molecule has 92 valence electrons. The van der Waals surface area contributed by atoms with Crippen LogP contribution in [-0.2, 0) is 16.1 Å². The van der Waals surface area contributed by atoms with Gasteiger partial charge in [-0.1, -0.05) is 0 Å². The lowest BCUT2D eigenvalue weighted by Crippen LogP contribution is -2.23. The fraction of sp³-hybridized carbons (Fsp3) is 0.500. The first kappa shape index (κ1) is 11.6. The van der Waals surface area contributed by atoms with Crippen molar-refractivity contribution in [1.82, 2.24) is 15.1 Å². The summed E-state index contributed by atoms with van der Waals surface area (Å²) in [5, 5.41) is 9.17. The molecule has 0 spiro atoms. The van der Waals surface area contributed by atoms with E-state index in [2.05, 4.69) is 15.7 Å². The lowest BCUT2D eigenvalue weighted by atomic mass is 10.3. The number of aromatic nitrogens is 2. The number of likely N-dealkylation sites (N-methyl/N-ethyl adjacent to an activating group) is 1. The molecule has 0 bridgehead atoms. The summed E-state index contributed by atoms with van der Waals surface area (Å²) < 4.78 is 1.46. The molecule has 1 aromatic rings. The average molecular weight is 237 g/mol. The van der Waals surface area contributed by atoms with Gasteiger partial charge < -0.3 is 16.4 Å². The first-order valence-electron chi connectivity index (χ1n) is 5.39. The third kappa shape index (κ3) is 2.82. The predicted molar refractivity (Wildman–Crippen MR) is 61.0 cm³/mol. The van der Waals surface area contributed by atoms with Gasteiger partial charge in [-0.15, -0.1) is 0 Å². The Morgan fingerprint density at radius 3 is 2.94 bits per heavy atom. The molecule has 7 nitrogen and oxygen atoms in total. The van der Waals surface area contributed by atoms with Gasteiger partial charge in [0, 0.05) is 19.3 Å². The molecule has 0 radical (unpaired) electrons. The molecule has 17 heavy (non-hydrogen) atoms. The summed E-state index contributed by atoms with van der Waals surface area (Å²) in [7, 11) is 1.56. The third-order valence-electron chi connectivity index (χ3n) is 2.66. The molecule has 1 fully saturated rings. The van der Waals surface area contributed by atoms with Crippen LogP contribution in [0.5, 0.6) is 0 Å². The number of amides is 2. The molecule has 7 heteroatoms. The Bertz CT molecular complexity index is 442. The van der Waals surface area contributed by atoms with E-state index in [0.717, 1.165) is 6.42 Å². The standard InChI is InChI=1S/C10H15N5O2/c1-12-9(16)5-15-4-6(3-13-15)14-10(17)7-2-8(7)11/h3-4,7-8H,2,5,11H2,1H3,(H,12,16)(H,14,17). The maximum atomic E-state index is 11.6. The average Bonchev–Trinajstić information content (AvgIpc) is 2.87. The van der Waals surface area contributed by atoms with Crippen LogP contribution in [0.3, 0.4) is 0 Å². The maximum Gasteiger partial charge on any atom is 0.241 e. The number of carbonyl (C=O) groups excluding carboxylic acids is 2. The van der Waals surface area contributed by atoms with Gasteiger partial charge in [0.25, 0.3) is 0 Å². The Kier molecular flexibility index (Phi) is 3.10. The van der Waals surface area contributed by atoms with Crippen LogP contribution >= 0.6 is 0 Å². The van der Waals surface area contributed by atoms with Crippen molar-refractivity contribution in [3.63, 3.8) is 0 Å². The maximum absolute atomic E-state index is 11.6. The Labute approximate surface area is 98.4 Å². The van der Waals surface area contributed by atoms with E-state index in [1.165, 1.54) is 10.9 Å². The largest absolute Gasteiger partial charge is 0.358 e. The van der Waals surface area contributed by atoms with Gasteiger partial charge in [0.15, 0.2) is 0 Å². The van der Waals surface area contributed by atoms with Gasteiger partial charge in [0.2, 0.25) is 11.8 Å². The lowest BCUT2D eigenvalue weighted by molar-refractivity contribution is -0.121. The fourth-order valence-corrected chi connectivity index (χ4v) is 1.49. The van der Waals surface area contributed by atoms with Crippen molar-refractivity contribution < 1.29 is 9.59 Å². The SMILES string of the molecule is CNC(=O)Cn1cc(NC(=O)C2CC2N)cn1. The van der Waals surface area contributed by atoms with Crippen LogP contribution in [0.25, 0.3) is 0 Å². The van der Waals surface area contributed by atoms with Crippen LogP contribution in [0.4, 0.5) is 5.69 Å². The summed E-state index contributed by atoms with van der Waals surface area (Å²) in [4.78, 5) is 22.7. The van der Waals surface area contributed by atoms with Gasteiger partial charge in [-0.2, -0.15) is 5.10 Å². The Balaban J connectivity index is 1.89. The Morgan fingerprint density at radius 1 is 1.65 bits per heavy atom. The first-order valence-corrected chi connectivity index (χ1v) is 5.39. The lowest BCUT2D eigenvalue weighted by Gasteiger charge is -2.00. The summed E-state index contributed by atoms with van der Waals surface area (Å²) in [6.07, 6.45) is 3.86. The van der Waals surface area contributed by atoms with Crippen LogP contribution in [0.2, 0.25) is 0 Å². The van der Waals surface area contributed by atoms with Crippen molar-refractivity contribution in [3.8, 4) is 0 Å². The number of rotatable bonds is 4. The summed E-state index contributed by atoms with van der Waals surface area (Å²) in [5.41, 5.74) is 6.16. The smallest absolute Gasteiger partial charge is 0.241 e. The topological polar surface area (TPSA) is 102 Å². The summed E-state index contributed by atoms with van der Waals surface area (Å²) in [6, 6.07) is -0.0177. The minimum Gasteiger partial charge on any atom is -0.358 e. The zero-order valence-corrected chi connectivity index (χ0v) is 9.51. The molecular formula is C10H15N5O2. The van der Waals surface area contributed by atoms with Gasteiger partial charge in [-0.05, 0) is 6.42 Å². The zero-order valence-electron chi connectivity index (χ0n) is 9.51. The molecule has 1 heterocycles. The minimum atomic E-state index is -0.143. The van der Waals surface area contributed by atoms with Crippen molar-refractivity contribution in [2.24, 2.45) is 11.7 Å². The van der Waals surface area contributed by atoms with Crippen molar-refractivity contribution in [1.29, 1.82) is 0 Å². The molecule has 1 aliphatic rings. The molecule has 1 aliphatic carbocycles. The number of nitrogens with zero attached hydrogens (tertiary/aromatic N) is 2. The van der Waals surface area contributed by atoms with Gasteiger partial charge in [-0.3, -0.25) is 14.3 Å². The molecule has 2 unspecified atom stereocenters. The van der Waals surface area contributed by atoms with Gasteiger partial charge >= 0.3 is 0 Å². The summed E-state index contributed by atoms with van der Waals surface area (Å²) >= 11 is 0. The predicted octanol–water partition coefficient (Wildman–Crippen LogP) is -1.09. The van der Waals surface area contributed by atoms with Crippen molar-refractivity contribution in [3.05, 3.63) is 12.4 Å². The molecule has 1 saturated carbocycles. The van der Waals surface area contributed by atoms with E-state index in [1.54, 1.807) is 13.2 Å². The number of nitrogens with one attached hydrogen (secondary N) is 2. The summed E-state index contributed by atoms with van der Waals surface area (Å²) in [6.45, 7) is 0.134. The van der Waals surface area contributed by atoms with Crippen LogP contribution in [0.15, 0.2) is 12.4 Å². The van der Waals surface area contributed by atoms with Crippen molar-refractivity contribution in [2.75, 3.05) is 12.4 Å². The highest BCUT2D eigenvalue weighted by atomic mass is 16.2. The molecule has 0 saturated heterocycles. The van der Waals surface area contributed by atoms with Crippen molar-refractivity contribution in [2.45, 2.75) is 19.0 Å². The van der Waals surface area contributed by atoms with Crippen LogP contribution in [0.1, 0.15) is 6.42 Å². The number of hydrogen-bond acceptors (Lipinski definition) is 4. The highest BCUT2D eigenvalue weighted by molar-refractivity contribution is 5.94. The molecule has 2 rings (SSSR count). The number of anilines is 1. The van der Waals surface area contributed by atoms with Crippen LogP contribution in [-0.4, -0.2) is 34.7 Å². The normalized spacial score (nSPS) is 22.0. The number of carbonyl (C=O) groups is 2. The summed E-state index contributed by atoms with van der Waals surface area (Å²) in [5.74, 6) is -0.315. The molecule has 0 aliphatic heterocycles. The molecule has 2 amide bonds. The third-order valence-corrected chi connectivity index (χ3v) is 2.66. The molecular weight excluding hydrogens is 222 g/mol. The van der Waals surface area contributed by atoms with E-state index in [9.17, 15) is 9.59 Å². The zero-order chi connectivity index (χ0) is 12.4. The quantitative estimate of drug-likeness (QED) is 0.619. The fourth-order valence-electron chi connectivity index (χ4n) is 1.49. The molecule has 4 N–H and O–H groups in total. The minimum absolute atomic E-state index is 0.0177. The van der Waals surface area contributed by atoms with E-state index in [4.69, 9.17) is 5.73 Å².